The van der Waals surface area contributed by atoms with E-state index in [1.165, 1.54) is 49.3 Å². The molecule has 6 nitrogen and oxygen atoms in total. The summed E-state index contributed by atoms with van der Waals surface area (Å²) < 4.78 is 26.4. The summed E-state index contributed by atoms with van der Waals surface area (Å²) in [5.74, 6) is -1.07. The third-order valence-electron chi connectivity index (χ3n) is 5.75. The standard InChI is InChI=1S/C23H36N2O4S/c1-3-4-5-6-7-8-9-10-11-14-17-24(2)30(28,29)19-18-25-22(26)20-15-12-13-16-21(20)23(25)27/h12-13,15-16H,3-11,14,17-19H2,1-2H3. The van der Waals surface area contributed by atoms with Gasteiger partial charge in [-0.1, -0.05) is 76.8 Å². The summed E-state index contributed by atoms with van der Waals surface area (Å²) in [4.78, 5) is 25.8. The van der Waals surface area contributed by atoms with Crippen LogP contribution in [0.15, 0.2) is 24.3 Å². The van der Waals surface area contributed by atoms with E-state index in [-0.39, 0.29) is 12.3 Å². The van der Waals surface area contributed by atoms with E-state index in [1.807, 2.05) is 0 Å². The van der Waals surface area contributed by atoms with Gasteiger partial charge in [0.1, 0.15) is 0 Å². The van der Waals surface area contributed by atoms with E-state index in [9.17, 15) is 18.0 Å². The minimum absolute atomic E-state index is 0.114. The van der Waals surface area contributed by atoms with Gasteiger partial charge < -0.3 is 0 Å². The molecule has 0 unspecified atom stereocenters. The predicted octanol–water partition coefficient (Wildman–Crippen LogP) is 4.47. The Hall–Kier alpha value is -1.73. The van der Waals surface area contributed by atoms with Gasteiger partial charge in [-0.3, -0.25) is 14.5 Å². The van der Waals surface area contributed by atoms with Crippen LogP contribution in [-0.2, 0) is 10.0 Å². The number of sulfonamides is 1. The molecule has 0 radical (unpaired) electrons. The number of hydrogen-bond donors (Lipinski definition) is 0. The van der Waals surface area contributed by atoms with Crippen molar-refractivity contribution in [2.24, 2.45) is 0 Å². The van der Waals surface area contributed by atoms with Crippen molar-refractivity contribution in [1.82, 2.24) is 9.21 Å². The molecule has 1 aliphatic heterocycles. The molecule has 0 aromatic heterocycles. The van der Waals surface area contributed by atoms with Crippen LogP contribution in [0.25, 0.3) is 0 Å². The first-order valence-corrected chi connectivity index (χ1v) is 12.9. The van der Waals surface area contributed by atoms with Crippen molar-refractivity contribution in [3.05, 3.63) is 35.4 Å². The quantitative estimate of drug-likeness (QED) is 0.300. The Morgan fingerprint density at radius 2 is 1.27 bits per heavy atom. The normalized spacial score (nSPS) is 14.0. The van der Waals surface area contributed by atoms with Crippen LogP contribution in [0.1, 0.15) is 91.8 Å². The summed E-state index contributed by atoms with van der Waals surface area (Å²) in [6.45, 7) is 2.58. The number of nitrogens with zero attached hydrogens (tertiary/aromatic N) is 2. The minimum atomic E-state index is -3.50. The van der Waals surface area contributed by atoms with Gasteiger partial charge in [-0.15, -0.1) is 0 Å². The second-order valence-corrected chi connectivity index (χ2v) is 10.3. The van der Waals surface area contributed by atoms with Crippen molar-refractivity contribution < 1.29 is 18.0 Å². The van der Waals surface area contributed by atoms with Crippen LogP contribution in [0.3, 0.4) is 0 Å². The average molecular weight is 437 g/mol. The molecule has 1 heterocycles. The van der Waals surface area contributed by atoms with E-state index in [2.05, 4.69) is 6.92 Å². The molecule has 1 aromatic carbocycles. The lowest BCUT2D eigenvalue weighted by Crippen LogP contribution is -2.38. The number of amides is 2. The number of carbonyl (C=O) groups excluding carboxylic acids is 2. The maximum atomic E-state index is 12.5. The molecule has 2 rings (SSSR count). The van der Waals surface area contributed by atoms with Crippen LogP contribution in [-0.4, -0.2) is 55.3 Å². The first kappa shape index (κ1) is 24.5. The molecular weight excluding hydrogens is 400 g/mol. The molecule has 2 amide bonds. The lowest BCUT2D eigenvalue weighted by atomic mass is 10.1. The third-order valence-corrected chi connectivity index (χ3v) is 7.58. The molecule has 0 aliphatic carbocycles. The average Bonchev–Trinajstić information content (AvgIpc) is 2.98. The third kappa shape index (κ3) is 6.91. The van der Waals surface area contributed by atoms with Crippen molar-refractivity contribution in [1.29, 1.82) is 0 Å². The van der Waals surface area contributed by atoms with Gasteiger partial charge in [-0.2, -0.15) is 0 Å². The Morgan fingerprint density at radius 3 is 1.77 bits per heavy atom. The molecule has 7 heteroatoms. The Morgan fingerprint density at radius 1 is 0.800 bits per heavy atom. The number of rotatable bonds is 15. The fraction of sp³-hybridized carbons (Fsp3) is 0.652. The molecule has 0 saturated carbocycles. The topological polar surface area (TPSA) is 74.8 Å². The Bertz CT molecular complexity index is 772. The highest BCUT2D eigenvalue weighted by Gasteiger charge is 2.35. The number of carbonyl (C=O) groups is 2. The molecule has 1 aromatic rings. The number of benzene rings is 1. The zero-order valence-electron chi connectivity index (χ0n) is 18.4. The maximum absolute atomic E-state index is 12.5. The lowest BCUT2D eigenvalue weighted by molar-refractivity contribution is 0.0664. The van der Waals surface area contributed by atoms with Crippen LogP contribution >= 0.6 is 0 Å². The Balaban J connectivity index is 1.65. The SMILES string of the molecule is CCCCCCCCCCCCN(C)S(=O)(=O)CCN1C(=O)c2ccccc2C1=O. The highest BCUT2D eigenvalue weighted by molar-refractivity contribution is 7.89. The first-order valence-electron chi connectivity index (χ1n) is 11.3. The van der Waals surface area contributed by atoms with Crippen molar-refractivity contribution in [2.45, 2.75) is 71.1 Å². The molecule has 0 fully saturated rings. The number of unbranched alkanes of at least 4 members (excludes halogenated alkanes) is 9. The van der Waals surface area contributed by atoms with Gasteiger partial charge in [0.25, 0.3) is 11.8 Å². The van der Waals surface area contributed by atoms with E-state index < -0.39 is 21.8 Å². The predicted molar refractivity (Wildman–Crippen MR) is 120 cm³/mol. The minimum Gasteiger partial charge on any atom is -0.273 e. The Labute approximate surface area is 181 Å². The monoisotopic (exact) mass is 436 g/mol. The second-order valence-electron chi connectivity index (χ2n) is 8.13. The maximum Gasteiger partial charge on any atom is 0.261 e. The van der Waals surface area contributed by atoms with Crippen LogP contribution in [0.4, 0.5) is 0 Å². The molecular formula is C23H36N2O4S. The van der Waals surface area contributed by atoms with E-state index in [4.69, 9.17) is 0 Å². The number of hydrogen-bond acceptors (Lipinski definition) is 4. The zero-order valence-corrected chi connectivity index (χ0v) is 19.3. The van der Waals surface area contributed by atoms with Crippen LogP contribution in [0, 0.1) is 0 Å². The first-order chi connectivity index (χ1) is 14.4. The van der Waals surface area contributed by atoms with Crippen LogP contribution < -0.4 is 0 Å². The van der Waals surface area contributed by atoms with Gasteiger partial charge in [0.15, 0.2) is 0 Å². The van der Waals surface area contributed by atoms with Gasteiger partial charge >= 0.3 is 0 Å². The summed E-state index contributed by atoms with van der Waals surface area (Å²) in [6, 6.07) is 6.60. The van der Waals surface area contributed by atoms with Gasteiger partial charge in [0, 0.05) is 20.1 Å². The van der Waals surface area contributed by atoms with Crippen molar-refractivity contribution in [3.63, 3.8) is 0 Å². The van der Waals surface area contributed by atoms with E-state index in [1.54, 1.807) is 31.3 Å². The van der Waals surface area contributed by atoms with Gasteiger partial charge in [0.2, 0.25) is 10.0 Å². The molecule has 0 atom stereocenters. The molecule has 0 spiro atoms. The molecule has 168 valence electrons. The summed E-state index contributed by atoms with van der Waals surface area (Å²) >= 11 is 0. The van der Waals surface area contributed by atoms with E-state index in [0.717, 1.165) is 24.2 Å². The smallest absolute Gasteiger partial charge is 0.261 e. The molecule has 0 saturated heterocycles. The largest absolute Gasteiger partial charge is 0.273 e. The number of imide groups is 1. The molecule has 0 N–H and O–H groups in total. The Kier molecular flexibility index (Phi) is 9.98. The summed E-state index contributed by atoms with van der Waals surface area (Å²) in [6.07, 6.45) is 12.0. The van der Waals surface area contributed by atoms with Gasteiger partial charge in [-0.25, -0.2) is 12.7 Å². The summed E-state index contributed by atoms with van der Waals surface area (Å²) in [5, 5.41) is 0. The molecule has 30 heavy (non-hydrogen) atoms. The van der Waals surface area contributed by atoms with Crippen molar-refractivity contribution >= 4 is 21.8 Å². The number of fused-ring (bicyclic) bond motifs is 1. The zero-order chi connectivity index (χ0) is 22.0. The summed E-state index contributed by atoms with van der Waals surface area (Å²) in [7, 11) is -1.93. The van der Waals surface area contributed by atoms with Gasteiger partial charge in [0.05, 0.1) is 16.9 Å². The molecule has 1 aliphatic rings. The molecule has 0 bridgehead atoms. The fourth-order valence-electron chi connectivity index (χ4n) is 3.77. The summed E-state index contributed by atoms with van der Waals surface area (Å²) in [5.41, 5.74) is 0.692. The van der Waals surface area contributed by atoms with Gasteiger partial charge in [-0.05, 0) is 18.6 Å². The van der Waals surface area contributed by atoms with Crippen molar-refractivity contribution in [3.8, 4) is 0 Å². The highest BCUT2D eigenvalue weighted by Crippen LogP contribution is 2.22. The fourth-order valence-corrected chi connectivity index (χ4v) is 4.90. The highest BCUT2D eigenvalue weighted by atomic mass is 32.2. The lowest BCUT2D eigenvalue weighted by Gasteiger charge is -2.19. The van der Waals surface area contributed by atoms with E-state index >= 15 is 0 Å². The van der Waals surface area contributed by atoms with Crippen LogP contribution in [0.5, 0.6) is 0 Å². The van der Waals surface area contributed by atoms with Crippen molar-refractivity contribution in [2.75, 3.05) is 25.9 Å². The second kappa shape index (κ2) is 12.2. The van der Waals surface area contributed by atoms with Crippen LogP contribution in [0.2, 0.25) is 0 Å². The van der Waals surface area contributed by atoms with E-state index in [0.29, 0.717) is 17.7 Å².